The summed E-state index contributed by atoms with van der Waals surface area (Å²) < 4.78 is 4.84. The molecule has 1 aromatic heterocycles. The first-order valence-electron chi connectivity index (χ1n) is 8.41. The molecule has 0 saturated carbocycles. The summed E-state index contributed by atoms with van der Waals surface area (Å²) in [5.41, 5.74) is 1.99. The molecule has 4 heteroatoms. The highest BCUT2D eigenvalue weighted by Crippen LogP contribution is 2.44. The zero-order valence-corrected chi connectivity index (χ0v) is 15.9. The number of esters is 1. The molecule has 0 bridgehead atoms. The Balaban J connectivity index is 2.57. The van der Waals surface area contributed by atoms with Crippen molar-refractivity contribution in [2.75, 3.05) is 7.11 Å². The minimum atomic E-state index is -0.291. The summed E-state index contributed by atoms with van der Waals surface area (Å²) >= 11 is 1.50. The molecule has 0 aliphatic carbocycles. The maximum atomic E-state index is 11.8. The Labute approximate surface area is 148 Å². The van der Waals surface area contributed by atoms with Crippen LogP contribution in [0.25, 0.3) is 0 Å². The number of rotatable bonds is 6. The number of benzene rings is 1. The van der Waals surface area contributed by atoms with Crippen LogP contribution in [0, 0.1) is 0 Å². The van der Waals surface area contributed by atoms with E-state index in [4.69, 9.17) is 4.74 Å². The maximum absolute atomic E-state index is 11.8. The van der Waals surface area contributed by atoms with Crippen molar-refractivity contribution >= 4 is 17.3 Å². The fourth-order valence-corrected chi connectivity index (χ4v) is 4.55. The molecule has 0 aliphatic rings. The van der Waals surface area contributed by atoms with E-state index in [1.807, 2.05) is 18.2 Å². The third kappa shape index (κ3) is 3.20. The van der Waals surface area contributed by atoms with Gasteiger partial charge in [-0.05, 0) is 48.1 Å². The van der Waals surface area contributed by atoms with Gasteiger partial charge in [-0.2, -0.15) is 0 Å². The van der Waals surface area contributed by atoms with E-state index in [0.717, 1.165) is 23.3 Å². The van der Waals surface area contributed by atoms with Gasteiger partial charge in [0, 0.05) is 10.3 Å². The fourth-order valence-electron chi connectivity index (χ4n) is 3.27. The first kappa shape index (κ1) is 18.5. The Hall–Kier alpha value is -1.81. The van der Waals surface area contributed by atoms with Crippen molar-refractivity contribution in [3.8, 4) is 5.75 Å². The third-order valence-corrected chi connectivity index (χ3v) is 6.14. The van der Waals surface area contributed by atoms with Gasteiger partial charge in [-0.3, -0.25) is 0 Å². The molecule has 2 rings (SSSR count). The lowest BCUT2D eigenvalue weighted by atomic mass is 9.74. The van der Waals surface area contributed by atoms with Crippen LogP contribution in [0.2, 0.25) is 0 Å². The number of ether oxygens (including phenoxy) is 1. The molecule has 1 aromatic carbocycles. The van der Waals surface area contributed by atoms with Crippen molar-refractivity contribution in [1.82, 2.24) is 0 Å². The first-order valence-corrected chi connectivity index (χ1v) is 9.23. The van der Waals surface area contributed by atoms with Crippen LogP contribution in [0.5, 0.6) is 5.75 Å². The number of hydrogen-bond acceptors (Lipinski definition) is 4. The highest BCUT2D eigenvalue weighted by Gasteiger charge is 2.33. The second-order valence-electron chi connectivity index (χ2n) is 6.37. The van der Waals surface area contributed by atoms with Crippen molar-refractivity contribution in [2.45, 2.75) is 51.9 Å². The van der Waals surface area contributed by atoms with Gasteiger partial charge in [0.1, 0.15) is 10.6 Å². The first-order chi connectivity index (χ1) is 11.4. The fraction of sp³-hybridized carbons (Fsp3) is 0.450. The molecule has 130 valence electrons. The van der Waals surface area contributed by atoms with Gasteiger partial charge in [0.25, 0.3) is 0 Å². The summed E-state index contributed by atoms with van der Waals surface area (Å²) in [6.45, 7) is 8.50. The van der Waals surface area contributed by atoms with E-state index in [9.17, 15) is 9.90 Å². The largest absolute Gasteiger partial charge is 0.508 e. The zero-order chi connectivity index (χ0) is 17.9. The van der Waals surface area contributed by atoms with Gasteiger partial charge < -0.3 is 9.84 Å². The highest BCUT2D eigenvalue weighted by molar-refractivity contribution is 7.14. The summed E-state index contributed by atoms with van der Waals surface area (Å²) in [5, 5.41) is 10.1. The quantitative estimate of drug-likeness (QED) is 0.706. The predicted molar refractivity (Wildman–Crippen MR) is 99.2 cm³/mol. The number of carbonyl (C=O) groups excluding carboxylic acids is 1. The molecule has 3 nitrogen and oxygen atoms in total. The number of hydrogen-bond donors (Lipinski definition) is 1. The van der Waals surface area contributed by atoms with Gasteiger partial charge in [0.2, 0.25) is 0 Å². The number of aromatic hydroxyl groups is 1. The average molecular weight is 346 g/mol. The van der Waals surface area contributed by atoms with Crippen LogP contribution in [-0.2, 0) is 10.2 Å². The Kier molecular flexibility index (Phi) is 5.70. The van der Waals surface area contributed by atoms with E-state index in [2.05, 4.69) is 33.8 Å². The Morgan fingerprint density at radius 2 is 1.88 bits per heavy atom. The second kappa shape index (κ2) is 7.39. The lowest BCUT2D eigenvalue weighted by Crippen LogP contribution is -2.25. The van der Waals surface area contributed by atoms with Gasteiger partial charge in [-0.15, -0.1) is 11.3 Å². The molecule has 1 heterocycles. The van der Waals surface area contributed by atoms with Crippen molar-refractivity contribution < 1.29 is 14.6 Å². The highest BCUT2D eigenvalue weighted by atomic mass is 32.1. The molecule has 24 heavy (non-hydrogen) atoms. The minimum absolute atomic E-state index is 0.158. The molecular weight excluding hydrogens is 320 g/mol. The van der Waals surface area contributed by atoms with Crippen LogP contribution in [0.15, 0.2) is 30.3 Å². The number of methoxy groups -OCH3 is 1. The molecule has 0 radical (unpaired) electrons. The van der Waals surface area contributed by atoms with Crippen molar-refractivity contribution in [1.29, 1.82) is 0 Å². The molecule has 0 fully saturated rings. The summed E-state index contributed by atoms with van der Waals surface area (Å²) in [7, 11) is 1.41. The Bertz CT molecular complexity index is 711. The number of carbonyl (C=O) groups is 1. The van der Waals surface area contributed by atoms with Crippen LogP contribution in [0.4, 0.5) is 0 Å². The van der Waals surface area contributed by atoms with Gasteiger partial charge in [0.05, 0.1) is 7.11 Å². The van der Waals surface area contributed by atoms with Crippen LogP contribution < -0.4 is 0 Å². The van der Waals surface area contributed by atoms with Crippen LogP contribution in [0.1, 0.15) is 72.1 Å². The summed E-state index contributed by atoms with van der Waals surface area (Å²) in [5.74, 6) is 0.308. The lowest BCUT2D eigenvalue weighted by molar-refractivity contribution is 0.0606. The topological polar surface area (TPSA) is 46.5 Å². The molecule has 0 saturated heterocycles. The predicted octanol–water partition coefficient (Wildman–Crippen LogP) is 5.47. The van der Waals surface area contributed by atoms with E-state index >= 15 is 0 Å². The Morgan fingerprint density at radius 3 is 2.42 bits per heavy atom. The van der Waals surface area contributed by atoms with Gasteiger partial charge in [-0.1, -0.05) is 39.8 Å². The van der Waals surface area contributed by atoms with Crippen molar-refractivity contribution in [3.63, 3.8) is 0 Å². The monoisotopic (exact) mass is 346 g/mol. The van der Waals surface area contributed by atoms with E-state index in [1.165, 1.54) is 24.0 Å². The molecule has 2 aromatic rings. The van der Waals surface area contributed by atoms with Crippen LogP contribution in [0.3, 0.4) is 0 Å². The SMILES string of the molecule is CCC(CC)(c1ccc(O)c(C(C)C)c1)c1ccc(C(=O)OC)s1. The van der Waals surface area contributed by atoms with Crippen LogP contribution >= 0.6 is 11.3 Å². The van der Waals surface area contributed by atoms with E-state index < -0.39 is 0 Å². The molecule has 0 aliphatic heterocycles. The van der Waals surface area contributed by atoms with Crippen LogP contribution in [-0.4, -0.2) is 18.2 Å². The second-order valence-corrected chi connectivity index (χ2v) is 7.46. The molecule has 0 amide bonds. The van der Waals surface area contributed by atoms with Crippen molar-refractivity contribution in [2.24, 2.45) is 0 Å². The normalized spacial score (nSPS) is 11.8. The number of phenols is 1. The molecular formula is C20H26O3S. The summed E-state index contributed by atoms with van der Waals surface area (Å²) in [6.07, 6.45) is 1.85. The molecule has 0 spiro atoms. The molecule has 0 unspecified atom stereocenters. The standard InChI is InChI=1S/C20H26O3S/c1-6-20(7-2,18-11-10-17(24-18)19(22)23-5)14-8-9-16(21)15(12-14)13(3)4/h8-13,21H,6-7H2,1-5H3. The number of thiophene rings is 1. The minimum Gasteiger partial charge on any atom is -0.508 e. The molecule has 0 atom stereocenters. The smallest absolute Gasteiger partial charge is 0.348 e. The number of phenolic OH excluding ortho intramolecular Hbond substituents is 1. The average Bonchev–Trinajstić information content (AvgIpc) is 3.07. The van der Waals surface area contributed by atoms with E-state index in [-0.39, 0.29) is 17.3 Å². The zero-order valence-electron chi connectivity index (χ0n) is 15.1. The van der Waals surface area contributed by atoms with Gasteiger partial charge in [0.15, 0.2) is 0 Å². The lowest BCUT2D eigenvalue weighted by Gasteiger charge is -2.32. The summed E-state index contributed by atoms with van der Waals surface area (Å²) in [6, 6.07) is 9.79. The maximum Gasteiger partial charge on any atom is 0.348 e. The van der Waals surface area contributed by atoms with E-state index in [1.54, 1.807) is 6.07 Å². The third-order valence-electron chi connectivity index (χ3n) is 4.87. The summed E-state index contributed by atoms with van der Waals surface area (Å²) in [4.78, 5) is 13.6. The Morgan fingerprint density at radius 1 is 1.21 bits per heavy atom. The van der Waals surface area contributed by atoms with Crippen molar-refractivity contribution in [3.05, 3.63) is 51.2 Å². The van der Waals surface area contributed by atoms with Gasteiger partial charge in [-0.25, -0.2) is 4.79 Å². The van der Waals surface area contributed by atoms with E-state index in [0.29, 0.717) is 10.6 Å². The van der Waals surface area contributed by atoms with Gasteiger partial charge >= 0.3 is 5.97 Å². The molecule has 1 N–H and O–H groups in total.